The van der Waals surface area contributed by atoms with E-state index in [2.05, 4.69) is 6.58 Å². The lowest BCUT2D eigenvalue weighted by Gasteiger charge is -2.07. The summed E-state index contributed by atoms with van der Waals surface area (Å²) < 4.78 is 0. The third kappa shape index (κ3) is 4.83. The summed E-state index contributed by atoms with van der Waals surface area (Å²) in [4.78, 5) is 10.6. The summed E-state index contributed by atoms with van der Waals surface area (Å²) >= 11 is 0. The minimum absolute atomic E-state index is 0.371. The van der Waals surface area contributed by atoms with Crippen LogP contribution in [0.1, 0.15) is 24.5 Å². The summed E-state index contributed by atoms with van der Waals surface area (Å²) in [5, 5.41) is 8.71. The first kappa shape index (κ1) is 13.5. The molecule has 0 saturated heterocycles. The summed E-state index contributed by atoms with van der Waals surface area (Å²) in [6, 6.07) is 7.10. The third-order valence-electron chi connectivity index (χ3n) is 2.64. The van der Waals surface area contributed by atoms with Crippen LogP contribution in [0.5, 0.6) is 0 Å². The third-order valence-corrected chi connectivity index (χ3v) is 2.64. The normalized spacial score (nSPS) is 12.1. The average Bonchev–Trinajstić information content (AvgIpc) is 2.28. The van der Waals surface area contributed by atoms with Gasteiger partial charge in [-0.1, -0.05) is 29.8 Å². The fraction of sp³-hybridized carbons (Fsp3) is 0.357. The van der Waals surface area contributed by atoms with E-state index < -0.39 is 12.0 Å². The Bertz CT molecular complexity index is 395. The van der Waals surface area contributed by atoms with Gasteiger partial charge in [-0.3, -0.25) is 4.79 Å². The Hall–Kier alpha value is -1.61. The van der Waals surface area contributed by atoms with Gasteiger partial charge in [-0.05, 0) is 37.3 Å². The van der Waals surface area contributed by atoms with Crippen molar-refractivity contribution < 1.29 is 9.90 Å². The summed E-state index contributed by atoms with van der Waals surface area (Å²) in [5.41, 5.74) is 8.84. The topological polar surface area (TPSA) is 63.3 Å². The van der Waals surface area contributed by atoms with Crippen molar-refractivity contribution in [3.8, 4) is 0 Å². The maximum atomic E-state index is 10.6. The minimum Gasteiger partial charge on any atom is -0.480 e. The number of allylic oxidation sites excluding steroid dienone is 1. The number of carboxylic acid groups (broad SMARTS) is 1. The van der Waals surface area contributed by atoms with Gasteiger partial charge >= 0.3 is 5.97 Å². The second-order valence-corrected chi connectivity index (χ2v) is 4.42. The highest BCUT2D eigenvalue weighted by Crippen LogP contribution is 2.10. The summed E-state index contributed by atoms with van der Waals surface area (Å²) in [6.45, 7) is 5.88. The molecule has 0 radical (unpaired) electrons. The molecule has 92 valence electrons. The monoisotopic (exact) mass is 233 g/mol. The predicted octanol–water partition coefficient (Wildman–Crippen LogP) is 2.15. The van der Waals surface area contributed by atoms with Crippen LogP contribution in [0.4, 0.5) is 0 Å². The van der Waals surface area contributed by atoms with E-state index in [9.17, 15) is 4.79 Å². The predicted molar refractivity (Wildman–Crippen MR) is 68.9 cm³/mol. The Morgan fingerprint density at radius 3 is 2.35 bits per heavy atom. The van der Waals surface area contributed by atoms with E-state index in [1.54, 1.807) is 0 Å². The summed E-state index contributed by atoms with van der Waals surface area (Å²) in [5.74, 6) is -0.962. The molecule has 0 aliphatic carbocycles. The lowest BCUT2D eigenvalue weighted by molar-refractivity contribution is -0.138. The Labute approximate surface area is 102 Å². The van der Waals surface area contributed by atoms with Gasteiger partial charge < -0.3 is 10.8 Å². The number of carboxylic acids is 1. The van der Waals surface area contributed by atoms with Crippen LogP contribution < -0.4 is 5.73 Å². The number of benzene rings is 1. The molecule has 3 heteroatoms. The summed E-state index contributed by atoms with van der Waals surface area (Å²) in [7, 11) is 0. The highest BCUT2D eigenvalue weighted by molar-refractivity contribution is 5.73. The maximum Gasteiger partial charge on any atom is 0.320 e. The molecule has 1 rings (SSSR count). The minimum atomic E-state index is -0.962. The standard InChI is InChI=1S/C14H19NO2/c1-10(2)3-4-11-5-7-12(8-6-11)9-13(15)14(16)17/h5-8,13H,1,3-4,9,15H2,2H3,(H,16,17)/t13-/m0/s1. The van der Waals surface area contributed by atoms with Crippen molar-refractivity contribution in [3.63, 3.8) is 0 Å². The molecule has 3 N–H and O–H groups in total. The number of hydrogen-bond acceptors (Lipinski definition) is 2. The zero-order chi connectivity index (χ0) is 12.8. The molecule has 0 saturated carbocycles. The highest BCUT2D eigenvalue weighted by atomic mass is 16.4. The van der Waals surface area contributed by atoms with Gasteiger partial charge in [0.05, 0.1) is 0 Å². The Morgan fingerprint density at radius 2 is 1.88 bits per heavy atom. The van der Waals surface area contributed by atoms with Gasteiger partial charge in [-0.25, -0.2) is 0 Å². The van der Waals surface area contributed by atoms with E-state index >= 15 is 0 Å². The van der Waals surface area contributed by atoms with Crippen molar-refractivity contribution in [1.82, 2.24) is 0 Å². The van der Waals surface area contributed by atoms with Crippen molar-refractivity contribution >= 4 is 5.97 Å². The van der Waals surface area contributed by atoms with Crippen LogP contribution in [0.3, 0.4) is 0 Å². The average molecular weight is 233 g/mol. The van der Waals surface area contributed by atoms with Gasteiger partial charge in [0, 0.05) is 0 Å². The van der Waals surface area contributed by atoms with Crippen molar-refractivity contribution in [3.05, 3.63) is 47.5 Å². The molecule has 0 heterocycles. The van der Waals surface area contributed by atoms with Gasteiger partial charge in [-0.2, -0.15) is 0 Å². The molecule has 1 aromatic carbocycles. The Balaban J connectivity index is 2.55. The number of carbonyl (C=O) groups is 1. The summed E-state index contributed by atoms with van der Waals surface area (Å²) in [6.07, 6.45) is 2.32. The van der Waals surface area contributed by atoms with Crippen molar-refractivity contribution in [2.45, 2.75) is 32.2 Å². The number of rotatable bonds is 6. The van der Waals surface area contributed by atoms with Crippen LogP contribution in [0, 0.1) is 0 Å². The van der Waals surface area contributed by atoms with Gasteiger partial charge in [0.2, 0.25) is 0 Å². The lowest BCUT2D eigenvalue weighted by Crippen LogP contribution is -2.32. The van der Waals surface area contributed by atoms with Crippen LogP contribution in [-0.2, 0) is 17.6 Å². The zero-order valence-corrected chi connectivity index (χ0v) is 10.1. The van der Waals surface area contributed by atoms with Crippen LogP contribution in [0.2, 0.25) is 0 Å². The van der Waals surface area contributed by atoms with E-state index in [1.807, 2.05) is 31.2 Å². The first-order valence-corrected chi connectivity index (χ1v) is 5.69. The molecule has 0 amide bonds. The quantitative estimate of drug-likeness (QED) is 0.740. The van der Waals surface area contributed by atoms with Gasteiger partial charge in [-0.15, -0.1) is 6.58 Å². The Morgan fingerprint density at radius 1 is 1.35 bits per heavy atom. The molecule has 0 aromatic heterocycles. The second-order valence-electron chi connectivity index (χ2n) is 4.42. The molecule has 1 aromatic rings. The van der Waals surface area contributed by atoms with Gasteiger partial charge in [0.1, 0.15) is 6.04 Å². The van der Waals surface area contributed by atoms with Crippen molar-refractivity contribution in [1.29, 1.82) is 0 Å². The van der Waals surface area contributed by atoms with E-state index in [4.69, 9.17) is 10.8 Å². The maximum absolute atomic E-state index is 10.6. The largest absolute Gasteiger partial charge is 0.480 e. The SMILES string of the molecule is C=C(C)CCc1ccc(C[C@H](N)C(=O)O)cc1. The molecule has 0 bridgehead atoms. The molecular weight excluding hydrogens is 214 g/mol. The highest BCUT2D eigenvalue weighted by Gasteiger charge is 2.11. The van der Waals surface area contributed by atoms with Crippen LogP contribution >= 0.6 is 0 Å². The Kier molecular flexibility index (Phi) is 4.91. The molecule has 0 spiro atoms. The number of hydrogen-bond donors (Lipinski definition) is 2. The molecule has 0 aliphatic rings. The van der Waals surface area contributed by atoms with Crippen LogP contribution in [0.15, 0.2) is 36.4 Å². The van der Waals surface area contributed by atoms with Gasteiger partial charge in [0.15, 0.2) is 0 Å². The molecule has 0 aliphatic heterocycles. The van der Waals surface area contributed by atoms with E-state index in [1.165, 1.54) is 11.1 Å². The number of nitrogens with two attached hydrogens (primary N) is 1. The number of aryl methyl sites for hydroxylation is 1. The van der Waals surface area contributed by atoms with Crippen LogP contribution in [-0.4, -0.2) is 17.1 Å². The van der Waals surface area contributed by atoms with Crippen molar-refractivity contribution in [2.24, 2.45) is 5.73 Å². The molecular formula is C14H19NO2. The number of aliphatic carboxylic acids is 1. The second kappa shape index (κ2) is 6.21. The van der Waals surface area contributed by atoms with Gasteiger partial charge in [0.25, 0.3) is 0 Å². The first-order chi connectivity index (χ1) is 7.99. The fourth-order valence-electron chi connectivity index (χ4n) is 1.54. The molecule has 1 atom stereocenters. The van der Waals surface area contributed by atoms with E-state index in [0.29, 0.717) is 6.42 Å². The molecule has 17 heavy (non-hydrogen) atoms. The molecule has 3 nitrogen and oxygen atoms in total. The smallest absolute Gasteiger partial charge is 0.320 e. The zero-order valence-electron chi connectivity index (χ0n) is 10.1. The fourth-order valence-corrected chi connectivity index (χ4v) is 1.54. The molecule has 0 fully saturated rings. The first-order valence-electron chi connectivity index (χ1n) is 5.69. The van der Waals surface area contributed by atoms with Crippen molar-refractivity contribution in [2.75, 3.05) is 0 Å². The van der Waals surface area contributed by atoms with E-state index in [0.717, 1.165) is 18.4 Å². The van der Waals surface area contributed by atoms with E-state index in [-0.39, 0.29) is 0 Å². The lowest BCUT2D eigenvalue weighted by atomic mass is 10.0. The van der Waals surface area contributed by atoms with Crippen LogP contribution in [0.25, 0.3) is 0 Å². The molecule has 0 unspecified atom stereocenters.